The summed E-state index contributed by atoms with van der Waals surface area (Å²) in [5, 5.41) is 0. The number of carbonyl (C=O) groups excluding carboxylic acids is 1. The maximum Gasteiger partial charge on any atom is 0.279 e. The summed E-state index contributed by atoms with van der Waals surface area (Å²) in [6.45, 7) is 4.99. The molecule has 24 heavy (non-hydrogen) atoms. The average molecular weight is 353 g/mol. The Kier molecular flexibility index (Phi) is 6.37. The number of rotatable bonds is 7. The summed E-state index contributed by atoms with van der Waals surface area (Å²) in [6, 6.07) is 9.26. The lowest BCUT2D eigenvalue weighted by Gasteiger charge is -2.23. The van der Waals surface area contributed by atoms with Crippen LogP contribution in [0.1, 0.15) is 32.3 Å². The fourth-order valence-corrected chi connectivity index (χ4v) is 4.28. The van der Waals surface area contributed by atoms with E-state index in [2.05, 4.69) is 11.6 Å². The third-order valence-corrected chi connectivity index (χ3v) is 6.05. The molecular formula is C17H27N3O3S. The van der Waals surface area contributed by atoms with E-state index in [-0.39, 0.29) is 17.9 Å². The SMILES string of the molecule is CCC[C@H]1CN(C(C)=O)C[C@@H]1NS(=O)(=O)N(C)Cc1ccccc1. The molecule has 0 radical (unpaired) electrons. The highest BCUT2D eigenvalue weighted by molar-refractivity contribution is 7.87. The summed E-state index contributed by atoms with van der Waals surface area (Å²) in [4.78, 5) is 13.3. The third kappa shape index (κ3) is 4.78. The van der Waals surface area contributed by atoms with E-state index >= 15 is 0 Å². The number of hydrogen-bond acceptors (Lipinski definition) is 3. The molecule has 1 amide bonds. The van der Waals surface area contributed by atoms with Crippen LogP contribution in [0.4, 0.5) is 0 Å². The molecule has 134 valence electrons. The summed E-state index contributed by atoms with van der Waals surface area (Å²) < 4.78 is 29.4. The highest BCUT2D eigenvalue weighted by Crippen LogP contribution is 2.23. The fourth-order valence-electron chi connectivity index (χ4n) is 3.13. The maximum absolute atomic E-state index is 12.6. The molecule has 1 aromatic carbocycles. The van der Waals surface area contributed by atoms with Gasteiger partial charge < -0.3 is 4.90 Å². The zero-order valence-electron chi connectivity index (χ0n) is 14.6. The number of likely N-dealkylation sites (tertiary alicyclic amines) is 1. The van der Waals surface area contributed by atoms with Crippen LogP contribution in [-0.4, -0.2) is 49.7 Å². The number of amides is 1. The molecule has 1 heterocycles. The molecule has 6 nitrogen and oxygen atoms in total. The zero-order valence-corrected chi connectivity index (χ0v) is 15.4. The highest BCUT2D eigenvalue weighted by atomic mass is 32.2. The Bertz CT molecular complexity index is 648. The van der Waals surface area contributed by atoms with Gasteiger partial charge >= 0.3 is 0 Å². The van der Waals surface area contributed by atoms with E-state index in [1.807, 2.05) is 30.3 Å². The van der Waals surface area contributed by atoms with Crippen molar-refractivity contribution in [2.75, 3.05) is 20.1 Å². The predicted octanol–water partition coefficient (Wildman–Crippen LogP) is 1.60. The average Bonchev–Trinajstić information content (AvgIpc) is 2.91. The Balaban J connectivity index is 2.04. The van der Waals surface area contributed by atoms with E-state index in [0.29, 0.717) is 19.6 Å². The van der Waals surface area contributed by atoms with Crippen LogP contribution < -0.4 is 4.72 Å². The first kappa shape index (κ1) is 18.9. The lowest BCUT2D eigenvalue weighted by molar-refractivity contribution is -0.127. The van der Waals surface area contributed by atoms with Crippen LogP contribution in [-0.2, 0) is 21.5 Å². The monoisotopic (exact) mass is 353 g/mol. The van der Waals surface area contributed by atoms with E-state index in [9.17, 15) is 13.2 Å². The van der Waals surface area contributed by atoms with Gasteiger partial charge in [0.2, 0.25) is 5.91 Å². The van der Waals surface area contributed by atoms with Gasteiger partial charge in [0.25, 0.3) is 10.2 Å². The number of hydrogen-bond donors (Lipinski definition) is 1. The number of nitrogens with zero attached hydrogens (tertiary/aromatic N) is 2. The van der Waals surface area contributed by atoms with Crippen molar-refractivity contribution in [2.45, 2.75) is 39.3 Å². The molecule has 0 bridgehead atoms. The van der Waals surface area contributed by atoms with Crippen molar-refractivity contribution in [3.05, 3.63) is 35.9 Å². The minimum Gasteiger partial charge on any atom is -0.341 e. The number of nitrogens with one attached hydrogen (secondary N) is 1. The first-order valence-corrected chi connectivity index (χ1v) is 9.80. The van der Waals surface area contributed by atoms with Crippen molar-refractivity contribution < 1.29 is 13.2 Å². The Morgan fingerprint density at radius 1 is 1.29 bits per heavy atom. The van der Waals surface area contributed by atoms with E-state index in [1.54, 1.807) is 11.9 Å². The van der Waals surface area contributed by atoms with Crippen LogP contribution in [0.15, 0.2) is 30.3 Å². The summed E-state index contributed by atoms with van der Waals surface area (Å²) in [5.41, 5.74) is 0.937. The van der Waals surface area contributed by atoms with Crippen molar-refractivity contribution in [3.8, 4) is 0 Å². The molecule has 1 N–H and O–H groups in total. The van der Waals surface area contributed by atoms with Crippen LogP contribution >= 0.6 is 0 Å². The van der Waals surface area contributed by atoms with Gasteiger partial charge in [-0.25, -0.2) is 0 Å². The van der Waals surface area contributed by atoms with E-state index in [1.165, 1.54) is 11.2 Å². The number of benzene rings is 1. The molecule has 1 aliphatic rings. The number of carbonyl (C=O) groups is 1. The lowest BCUT2D eigenvalue weighted by atomic mass is 9.99. The van der Waals surface area contributed by atoms with Crippen LogP contribution in [0.5, 0.6) is 0 Å². The minimum atomic E-state index is -3.60. The first-order chi connectivity index (χ1) is 11.3. The van der Waals surface area contributed by atoms with Crippen molar-refractivity contribution in [3.63, 3.8) is 0 Å². The molecule has 7 heteroatoms. The summed E-state index contributed by atoms with van der Waals surface area (Å²) in [6.07, 6.45) is 1.87. The topological polar surface area (TPSA) is 69.7 Å². The van der Waals surface area contributed by atoms with Crippen LogP contribution in [0.25, 0.3) is 0 Å². The smallest absolute Gasteiger partial charge is 0.279 e. The van der Waals surface area contributed by atoms with Crippen molar-refractivity contribution in [1.82, 2.24) is 13.9 Å². The van der Waals surface area contributed by atoms with Gasteiger partial charge in [0, 0.05) is 39.6 Å². The maximum atomic E-state index is 12.6. The molecular weight excluding hydrogens is 326 g/mol. The van der Waals surface area contributed by atoms with Gasteiger partial charge in [-0.15, -0.1) is 0 Å². The van der Waals surface area contributed by atoms with Crippen molar-refractivity contribution >= 4 is 16.1 Å². The second-order valence-corrected chi connectivity index (χ2v) is 8.25. The van der Waals surface area contributed by atoms with Gasteiger partial charge in [0.1, 0.15) is 0 Å². The van der Waals surface area contributed by atoms with Gasteiger partial charge in [-0.3, -0.25) is 4.79 Å². The highest BCUT2D eigenvalue weighted by Gasteiger charge is 2.36. The molecule has 0 aliphatic carbocycles. The molecule has 0 saturated carbocycles. The zero-order chi connectivity index (χ0) is 17.7. The molecule has 0 unspecified atom stereocenters. The normalized spacial score (nSPS) is 21.4. The Labute approximate surface area is 145 Å². The van der Waals surface area contributed by atoms with Crippen LogP contribution in [0.3, 0.4) is 0 Å². The van der Waals surface area contributed by atoms with E-state index in [0.717, 1.165) is 18.4 Å². The summed E-state index contributed by atoms with van der Waals surface area (Å²) in [5.74, 6) is 0.161. The Hall–Kier alpha value is -1.44. The fraction of sp³-hybridized carbons (Fsp3) is 0.588. The molecule has 2 atom stereocenters. The first-order valence-electron chi connectivity index (χ1n) is 8.36. The second kappa shape index (κ2) is 8.09. The lowest BCUT2D eigenvalue weighted by Crippen LogP contribution is -2.46. The van der Waals surface area contributed by atoms with Gasteiger partial charge in [-0.05, 0) is 17.9 Å². The molecule has 1 saturated heterocycles. The molecule has 2 rings (SSSR count). The summed E-state index contributed by atoms with van der Waals surface area (Å²) >= 11 is 0. The third-order valence-electron chi connectivity index (χ3n) is 4.50. The van der Waals surface area contributed by atoms with Gasteiger partial charge in [-0.2, -0.15) is 17.4 Å². The molecule has 1 fully saturated rings. The van der Waals surface area contributed by atoms with Gasteiger partial charge in [-0.1, -0.05) is 43.7 Å². The Morgan fingerprint density at radius 2 is 1.96 bits per heavy atom. The predicted molar refractivity (Wildman–Crippen MR) is 94.4 cm³/mol. The Morgan fingerprint density at radius 3 is 2.54 bits per heavy atom. The quantitative estimate of drug-likeness (QED) is 0.809. The van der Waals surface area contributed by atoms with Crippen LogP contribution in [0.2, 0.25) is 0 Å². The van der Waals surface area contributed by atoms with E-state index < -0.39 is 10.2 Å². The summed E-state index contributed by atoms with van der Waals surface area (Å²) in [7, 11) is -2.03. The standard InChI is InChI=1S/C17H27N3O3S/c1-4-8-16-12-20(14(2)21)13-17(16)18-24(22,23)19(3)11-15-9-6-5-7-10-15/h5-7,9-10,16-18H,4,8,11-13H2,1-3H3/t16-,17-/m0/s1. The van der Waals surface area contributed by atoms with E-state index in [4.69, 9.17) is 0 Å². The molecule has 0 aromatic heterocycles. The van der Waals surface area contributed by atoms with Crippen molar-refractivity contribution in [2.24, 2.45) is 5.92 Å². The molecule has 1 aliphatic heterocycles. The second-order valence-electron chi connectivity index (χ2n) is 6.44. The van der Waals surface area contributed by atoms with Crippen LogP contribution in [0, 0.1) is 5.92 Å². The molecule has 0 spiro atoms. The van der Waals surface area contributed by atoms with Gasteiger partial charge in [0.15, 0.2) is 0 Å². The molecule has 1 aromatic rings. The van der Waals surface area contributed by atoms with Crippen molar-refractivity contribution in [1.29, 1.82) is 0 Å². The minimum absolute atomic E-state index is 0.00422. The largest absolute Gasteiger partial charge is 0.341 e. The van der Waals surface area contributed by atoms with Gasteiger partial charge in [0.05, 0.1) is 0 Å².